The Bertz CT molecular complexity index is 571. The lowest BCUT2D eigenvalue weighted by Gasteiger charge is -2.32. The normalized spacial score (nSPS) is 28.0. The van der Waals surface area contributed by atoms with Crippen LogP contribution in [0.1, 0.15) is 87.7 Å². The first kappa shape index (κ1) is 21.4. The van der Waals surface area contributed by atoms with Crippen LogP contribution < -0.4 is 0 Å². The first-order chi connectivity index (χ1) is 13.8. The van der Waals surface area contributed by atoms with Gasteiger partial charge in [-0.25, -0.2) is 0 Å². The van der Waals surface area contributed by atoms with Crippen molar-refractivity contribution >= 4 is 0 Å². The molecule has 154 valence electrons. The number of allylic oxidation sites excluding steroid dienone is 1. The van der Waals surface area contributed by atoms with Crippen LogP contribution in [-0.2, 0) is 11.3 Å². The van der Waals surface area contributed by atoms with E-state index in [1.807, 2.05) is 0 Å². The van der Waals surface area contributed by atoms with Gasteiger partial charge in [-0.3, -0.25) is 0 Å². The summed E-state index contributed by atoms with van der Waals surface area (Å²) in [4.78, 5) is 0. The van der Waals surface area contributed by atoms with Crippen molar-refractivity contribution in [3.05, 3.63) is 60.7 Å². The molecule has 0 aromatic heterocycles. The van der Waals surface area contributed by atoms with E-state index in [0.29, 0.717) is 13.2 Å². The molecule has 1 heteroatoms. The van der Waals surface area contributed by atoms with Gasteiger partial charge in [-0.1, -0.05) is 62.1 Å². The molecule has 0 radical (unpaired) electrons. The highest BCUT2D eigenvalue weighted by Gasteiger charge is 2.25. The minimum absolute atomic E-state index is 0.627. The lowest BCUT2D eigenvalue weighted by atomic mass is 9.74. The third-order valence-electron chi connectivity index (χ3n) is 7.25. The molecule has 2 saturated carbocycles. The Balaban J connectivity index is 1.34. The molecule has 0 N–H and O–H groups in total. The second-order valence-corrected chi connectivity index (χ2v) is 9.25. The molecular formula is C27H40O. The van der Waals surface area contributed by atoms with E-state index in [2.05, 4.69) is 43.5 Å². The van der Waals surface area contributed by atoms with Crippen LogP contribution >= 0.6 is 0 Å². The molecule has 0 spiro atoms. The molecule has 0 saturated heterocycles. The van der Waals surface area contributed by atoms with E-state index in [4.69, 9.17) is 4.74 Å². The van der Waals surface area contributed by atoms with Crippen LogP contribution in [0, 0.1) is 17.8 Å². The van der Waals surface area contributed by atoms with Gasteiger partial charge in [0.2, 0.25) is 0 Å². The summed E-state index contributed by atoms with van der Waals surface area (Å²) < 4.78 is 5.54. The van der Waals surface area contributed by atoms with E-state index >= 15 is 0 Å². The third kappa shape index (κ3) is 6.62. The Hall–Kier alpha value is -1.34. The van der Waals surface area contributed by atoms with Gasteiger partial charge in [0.1, 0.15) is 0 Å². The van der Waals surface area contributed by atoms with Gasteiger partial charge in [0.05, 0.1) is 13.2 Å². The van der Waals surface area contributed by atoms with Crippen molar-refractivity contribution in [3.63, 3.8) is 0 Å². The molecule has 2 aliphatic carbocycles. The Morgan fingerprint density at radius 2 is 1.32 bits per heavy atom. The Morgan fingerprint density at radius 3 is 1.89 bits per heavy atom. The van der Waals surface area contributed by atoms with Gasteiger partial charge >= 0.3 is 0 Å². The van der Waals surface area contributed by atoms with E-state index in [0.717, 1.165) is 23.7 Å². The van der Waals surface area contributed by atoms with Gasteiger partial charge in [-0.05, 0) is 79.7 Å². The number of rotatable bonds is 10. The molecule has 2 fully saturated rings. The monoisotopic (exact) mass is 380 g/mol. The molecular weight excluding hydrogens is 340 g/mol. The molecule has 0 heterocycles. The number of hydrogen-bond acceptors (Lipinski definition) is 1. The lowest BCUT2D eigenvalue weighted by Crippen LogP contribution is -2.17. The van der Waals surface area contributed by atoms with E-state index < -0.39 is 0 Å². The first-order valence-corrected chi connectivity index (χ1v) is 11.7. The maximum Gasteiger partial charge on any atom is 0.0721 e. The fourth-order valence-corrected chi connectivity index (χ4v) is 5.39. The summed E-state index contributed by atoms with van der Waals surface area (Å²) in [5.41, 5.74) is 2.80. The van der Waals surface area contributed by atoms with Gasteiger partial charge in [-0.2, -0.15) is 0 Å². The highest BCUT2D eigenvalue weighted by Crippen LogP contribution is 2.40. The Kier molecular flexibility index (Phi) is 8.86. The Morgan fingerprint density at radius 1 is 0.750 bits per heavy atom. The van der Waals surface area contributed by atoms with Gasteiger partial charge in [0.25, 0.3) is 0 Å². The van der Waals surface area contributed by atoms with Crippen molar-refractivity contribution in [1.82, 2.24) is 0 Å². The highest BCUT2D eigenvalue weighted by molar-refractivity contribution is 5.25. The van der Waals surface area contributed by atoms with E-state index in [9.17, 15) is 0 Å². The standard InChI is InChI=1S/C27H40O/c1-3-5-22-6-8-23(9-7-22)10-11-24-12-16-26(17-13-24)27-18-14-25(15-19-27)21-28-20-4-2/h3-4,14-15,18-19,22-24,26H,1-2,5-13,16-17,20-21H2/t22-,23-,24?,26?. The molecule has 0 bridgehead atoms. The zero-order valence-corrected chi connectivity index (χ0v) is 17.8. The van der Waals surface area contributed by atoms with Crippen LogP contribution in [0.15, 0.2) is 49.6 Å². The first-order valence-electron chi connectivity index (χ1n) is 11.7. The van der Waals surface area contributed by atoms with Crippen molar-refractivity contribution in [2.24, 2.45) is 17.8 Å². The molecule has 3 rings (SSSR count). The molecule has 28 heavy (non-hydrogen) atoms. The summed E-state index contributed by atoms with van der Waals surface area (Å²) in [7, 11) is 0. The Labute approximate surface area is 173 Å². The van der Waals surface area contributed by atoms with Crippen molar-refractivity contribution in [3.8, 4) is 0 Å². The number of ether oxygens (including phenoxy) is 1. The van der Waals surface area contributed by atoms with Crippen molar-refractivity contribution in [2.45, 2.75) is 83.2 Å². The second-order valence-electron chi connectivity index (χ2n) is 9.25. The summed E-state index contributed by atoms with van der Waals surface area (Å²) in [6.45, 7) is 8.92. The zero-order valence-electron chi connectivity index (χ0n) is 17.8. The molecule has 1 aromatic carbocycles. The molecule has 2 aliphatic rings. The quantitative estimate of drug-likeness (QED) is 0.297. The van der Waals surface area contributed by atoms with E-state index in [1.54, 1.807) is 6.08 Å². The van der Waals surface area contributed by atoms with Crippen molar-refractivity contribution in [1.29, 1.82) is 0 Å². The molecule has 0 unspecified atom stereocenters. The second kappa shape index (κ2) is 11.6. The van der Waals surface area contributed by atoms with Crippen LogP contribution in [0.4, 0.5) is 0 Å². The zero-order chi connectivity index (χ0) is 19.6. The van der Waals surface area contributed by atoms with Crippen LogP contribution in [-0.4, -0.2) is 6.61 Å². The van der Waals surface area contributed by atoms with Crippen LogP contribution in [0.5, 0.6) is 0 Å². The lowest BCUT2D eigenvalue weighted by molar-refractivity contribution is 0.149. The molecule has 1 nitrogen and oxygen atoms in total. The maximum absolute atomic E-state index is 5.54. The average molecular weight is 381 g/mol. The summed E-state index contributed by atoms with van der Waals surface area (Å²) in [5, 5.41) is 0. The summed E-state index contributed by atoms with van der Waals surface area (Å²) in [6.07, 6.45) is 19.6. The van der Waals surface area contributed by atoms with Crippen LogP contribution in [0.2, 0.25) is 0 Å². The number of hydrogen-bond donors (Lipinski definition) is 0. The van der Waals surface area contributed by atoms with Crippen LogP contribution in [0.3, 0.4) is 0 Å². The van der Waals surface area contributed by atoms with Gasteiger partial charge in [0, 0.05) is 0 Å². The number of benzene rings is 1. The van der Waals surface area contributed by atoms with Gasteiger partial charge in [-0.15, -0.1) is 13.2 Å². The van der Waals surface area contributed by atoms with Crippen molar-refractivity contribution < 1.29 is 4.74 Å². The molecule has 0 amide bonds. The van der Waals surface area contributed by atoms with Gasteiger partial charge < -0.3 is 4.74 Å². The van der Waals surface area contributed by atoms with E-state index in [1.165, 1.54) is 81.8 Å². The summed E-state index contributed by atoms with van der Waals surface area (Å²) in [6, 6.07) is 9.15. The summed E-state index contributed by atoms with van der Waals surface area (Å²) >= 11 is 0. The highest BCUT2D eigenvalue weighted by atomic mass is 16.5. The van der Waals surface area contributed by atoms with Crippen LogP contribution in [0.25, 0.3) is 0 Å². The average Bonchev–Trinajstić information content (AvgIpc) is 2.75. The predicted molar refractivity (Wildman–Crippen MR) is 120 cm³/mol. The fraction of sp³-hybridized carbons (Fsp3) is 0.630. The van der Waals surface area contributed by atoms with E-state index in [-0.39, 0.29) is 0 Å². The minimum Gasteiger partial charge on any atom is -0.373 e. The van der Waals surface area contributed by atoms with Gasteiger partial charge in [0.15, 0.2) is 0 Å². The SMILES string of the molecule is C=CCOCc1ccc(C2CCC(CC[C@H]3CC[C@H](CC=C)CC3)CC2)cc1. The topological polar surface area (TPSA) is 9.23 Å². The summed E-state index contributed by atoms with van der Waals surface area (Å²) in [5.74, 6) is 3.70. The predicted octanol–water partition coefficient (Wildman–Crippen LogP) is 7.83. The largest absolute Gasteiger partial charge is 0.373 e. The van der Waals surface area contributed by atoms with Crippen molar-refractivity contribution in [2.75, 3.05) is 6.61 Å². The smallest absolute Gasteiger partial charge is 0.0721 e. The molecule has 0 aliphatic heterocycles. The fourth-order valence-electron chi connectivity index (χ4n) is 5.39. The minimum atomic E-state index is 0.627. The molecule has 0 atom stereocenters. The maximum atomic E-state index is 5.54. The molecule has 1 aromatic rings. The third-order valence-corrected chi connectivity index (χ3v) is 7.25.